The van der Waals surface area contributed by atoms with Gasteiger partial charge >= 0.3 is 0 Å². The zero-order valence-electron chi connectivity index (χ0n) is 9.98. The van der Waals surface area contributed by atoms with Gasteiger partial charge in [0, 0.05) is 5.92 Å². The third-order valence-electron chi connectivity index (χ3n) is 2.10. The Bertz CT molecular complexity index is 167. The van der Waals surface area contributed by atoms with Gasteiger partial charge < -0.3 is 4.43 Å². The van der Waals surface area contributed by atoms with Gasteiger partial charge in [0.25, 0.3) is 0 Å². The SMILES string of the molecule is C=C(O[Si](C)(C)C)C(CC)C(C)C. The molecule has 0 aliphatic heterocycles. The van der Waals surface area contributed by atoms with E-state index in [4.69, 9.17) is 4.43 Å². The molecular formula is C11H24OSi. The van der Waals surface area contributed by atoms with Crippen LogP contribution in [-0.2, 0) is 4.43 Å². The zero-order chi connectivity index (χ0) is 10.6. The van der Waals surface area contributed by atoms with Crippen LogP contribution in [0.5, 0.6) is 0 Å². The van der Waals surface area contributed by atoms with Crippen molar-refractivity contribution in [1.29, 1.82) is 0 Å². The fourth-order valence-corrected chi connectivity index (χ4v) is 2.48. The first-order chi connectivity index (χ1) is 5.78. The molecule has 0 bridgehead atoms. The standard InChI is InChI=1S/C11H24OSi/c1-8-11(9(2)3)10(4)12-13(5,6)7/h9,11H,4,8H2,1-3,5-7H3. The van der Waals surface area contributed by atoms with Crippen LogP contribution in [-0.4, -0.2) is 8.32 Å². The Balaban J connectivity index is 4.23. The highest BCUT2D eigenvalue weighted by molar-refractivity contribution is 6.70. The Morgan fingerprint density at radius 1 is 1.31 bits per heavy atom. The van der Waals surface area contributed by atoms with E-state index in [1.165, 1.54) is 0 Å². The van der Waals surface area contributed by atoms with Crippen LogP contribution in [0.1, 0.15) is 27.2 Å². The van der Waals surface area contributed by atoms with Crippen molar-refractivity contribution in [3.05, 3.63) is 12.3 Å². The van der Waals surface area contributed by atoms with E-state index in [0.29, 0.717) is 11.8 Å². The summed E-state index contributed by atoms with van der Waals surface area (Å²) in [5, 5.41) is 0. The summed E-state index contributed by atoms with van der Waals surface area (Å²) in [7, 11) is -1.44. The third-order valence-corrected chi connectivity index (χ3v) is 2.97. The molecule has 0 spiro atoms. The summed E-state index contributed by atoms with van der Waals surface area (Å²) >= 11 is 0. The second-order valence-electron chi connectivity index (χ2n) is 4.94. The topological polar surface area (TPSA) is 9.23 Å². The van der Waals surface area contributed by atoms with Gasteiger partial charge in [-0.25, -0.2) is 0 Å². The van der Waals surface area contributed by atoms with E-state index >= 15 is 0 Å². The fourth-order valence-electron chi connectivity index (χ4n) is 1.54. The first-order valence-corrected chi connectivity index (χ1v) is 8.56. The molecule has 0 aromatic carbocycles. The van der Waals surface area contributed by atoms with Crippen molar-refractivity contribution in [3.63, 3.8) is 0 Å². The van der Waals surface area contributed by atoms with Crippen LogP contribution < -0.4 is 0 Å². The van der Waals surface area contributed by atoms with Gasteiger partial charge in [0.15, 0.2) is 0 Å². The average molecular weight is 200 g/mol. The van der Waals surface area contributed by atoms with Gasteiger partial charge in [-0.1, -0.05) is 27.4 Å². The summed E-state index contributed by atoms with van der Waals surface area (Å²) in [4.78, 5) is 0. The minimum Gasteiger partial charge on any atom is -0.548 e. The van der Waals surface area contributed by atoms with Crippen LogP contribution >= 0.6 is 0 Å². The lowest BCUT2D eigenvalue weighted by Gasteiger charge is -2.28. The maximum Gasteiger partial charge on any atom is 0.241 e. The lowest BCUT2D eigenvalue weighted by atomic mass is 9.92. The second kappa shape index (κ2) is 4.84. The molecule has 0 fully saturated rings. The largest absolute Gasteiger partial charge is 0.548 e. The predicted octanol–water partition coefficient (Wildman–Crippen LogP) is 4.03. The van der Waals surface area contributed by atoms with Crippen molar-refractivity contribution in [2.24, 2.45) is 11.8 Å². The van der Waals surface area contributed by atoms with E-state index in [1.807, 2.05) is 0 Å². The van der Waals surface area contributed by atoms with Crippen molar-refractivity contribution in [1.82, 2.24) is 0 Å². The molecule has 0 amide bonds. The van der Waals surface area contributed by atoms with Crippen molar-refractivity contribution in [2.45, 2.75) is 46.8 Å². The molecule has 1 nitrogen and oxygen atoms in total. The first-order valence-electron chi connectivity index (χ1n) is 5.15. The molecule has 1 unspecified atom stereocenters. The molecule has 0 N–H and O–H groups in total. The number of hydrogen-bond acceptors (Lipinski definition) is 1. The lowest BCUT2D eigenvalue weighted by molar-refractivity contribution is 0.288. The van der Waals surface area contributed by atoms with Crippen molar-refractivity contribution in [2.75, 3.05) is 0 Å². The van der Waals surface area contributed by atoms with Crippen LogP contribution in [0.3, 0.4) is 0 Å². The molecular weight excluding hydrogens is 176 g/mol. The second-order valence-corrected chi connectivity index (χ2v) is 9.37. The minimum atomic E-state index is -1.44. The fraction of sp³-hybridized carbons (Fsp3) is 0.818. The van der Waals surface area contributed by atoms with Crippen LogP contribution in [0.2, 0.25) is 19.6 Å². The van der Waals surface area contributed by atoms with Gasteiger partial charge in [-0.05, 0) is 32.0 Å². The third kappa shape index (κ3) is 5.14. The highest BCUT2D eigenvalue weighted by Gasteiger charge is 2.22. The van der Waals surface area contributed by atoms with E-state index in [9.17, 15) is 0 Å². The summed E-state index contributed by atoms with van der Waals surface area (Å²) in [6, 6.07) is 0. The number of hydrogen-bond donors (Lipinski definition) is 0. The molecule has 0 saturated heterocycles. The average Bonchev–Trinajstić information content (AvgIpc) is 1.82. The van der Waals surface area contributed by atoms with Crippen LogP contribution in [0.25, 0.3) is 0 Å². The van der Waals surface area contributed by atoms with Gasteiger partial charge in [0.05, 0.1) is 5.76 Å². The van der Waals surface area contributed by atoms with Crippen molar-refractivity contribution < 1.29 is 4.43 Å². The molecule has 0 aliphatic carbocycles. The molecule has 78 valence electrons. The van der Waals surface area contributed by atoms with E-state index in [-0.39, 0.29) is 0 Å². The number of allylic oxidation sites excluding steroid dienone is 1. The first kappa shape index (κ1) is 12.8. The van der Waals surface area contributed by atoms with Crippen LogP contribution in [0.4, 0.5) is 0 Å². The summed E-state index contributed by atoms with van der Waals surface area (Å²) < 4.78 is 5.90. The molecule has 0 aromatic rings. The molecule has 13 heavy (non-hydrogen) atoms. The predicted molar refractivity (Wildman–Crippen MR) is 62.2 cm³/mol. The molecule has 0 aromatic heterocycles. The summed E-state index contributed by atoms with van der Waals surface area (Å²) in [5.41, 5.74) is 0. The Morgan fingerprint density at radius 3 is 2.00 bits per heavy atom. The summed E-state index contributed by atoms with van der Waals surface area (Å²) in [5.74, 6) is 2.15. The van der Waals surface area contributed by atoms with Gasteiger partial charge in [-0.2, -0.15) is 0 Å². The molecule has 0 rings (SSSR count). The maximum atomic E-state index is 5.90. The van der Waals surface area contributed by atoms with Gasteiger partial charge in [0.1, 0.15) is 0 Å². The van der Waals surface area contributed by atoms with Gasteiger partial charge in [-0.15, -0.1) is 0 Å². The summed E-state index contributed by atoms with van der Waals surface area (Å²) in [6.07, 6.45) is 1.13. The Morgan fingerprint density at radius 2 is 1.77 bits per heavy atom. The van der Waals surface area contributed by atoms with Crippen LogP contribution in [0.15, 0.2) is 12.3 Å². The van der Waals surface area contributed by atoms with Crippen LogP contribution in [0, 0.1) is 11.8 Å². The molecule has 0 radical (unpaired) electrons. The van der Waals surface area contributed by atoms with Gasteiger partial charge in [0.2, 0.25) is 8.32 Å². The quantitative estimate of drug-likeness (QED) is 0.481. The highest BCUT2D eigenvalue weighted by Crippen LogP contribution is 2.25. The molecule has 0 heterocycles. The maximum absolute atomic E-state index is 5.90. The molecule has 0 aliphatic rings. The number of rotatable bonds is 5. The van der Waals surface area contributed by atoms with E-state index < -0.39 is 8.32 Å². The monoisotopic (exact) mass is 200 g/mol. The highest BCUT2D eigenvalue weighted by atomic mass is 28.4. The van der Waals surface area contributed by atoms with E-state index in [2.05, 4.69) is 47.0 Å². The minimum absolute atomic E-state index is 0.520. The lowest BCUT2D eigenvalue weighted by Crippen LogP contribution is -2.28. The van der Waals surface area contributed by atoms with Gasteiger partial charge in [-0.3, -0.25) is 0 Å². The van der Waals surface area contributed by atoms with E-state index in [0.717, 1.165) is 12.2 Å². The van der Waals surface area contributed by atoms with Crippen molar-refractivity contribution >= 4 is 8.32 Å². The van der Waals surface area contributed by atoms with E-state index in [1.54, 1.807) is 0 Å². The molecule has 2 heteroatoms. The Labute approximate surface area is 84.3 Å². The Hall–Kier alpha value is -0.243. The molecule has 1 atom stereocenters. The molecule has 0 saturated carbocycles. The zero-order valence-corrected chi connectivity index (χ0v) is 11.0. The van der Waals surface area contributed by atoms with Crippen molar-refractivity contribution in [3.8, 4) is 0 Å². The normalized spacial score (nSPS) is 14.4. The smallest absolute Gasteiger partial charge is 0.241 e. The summed E-state index contributed by atoms with van der Waals surface area (Å²) in [6.45, 7) is 17.3. The Kier molecular flexibility index (Phi) is 4.75.